The van der Waals surface area contributed by atoms with Crippen LogP contribution < -0.4 is 16.6 Å². The lowest BCUT2D eigenvalue weighted by Crippen LogP contribution is -2.37. The zero-order valence-electron chi connectivity index (χ0n) is 17.1. The zero-order chi connectivity index (χ0) is 21.0. The first kappa shape index (κ1) is 25.2. The molecule has 0 spiro atoms. The summed E-state index contributed by atoms with van der Waals surface area (Å²) in [7, 11) is 3.05. The molecule has 0 atom stereocenters. The second kappa shape index (κ2) is 10.8. The highest BCUT2D eigenvalue weighted by Crippen LogP contribution is 2.29. The Labute approximate surface area is 185 Å². The molecule has 0 amide bonds. The predicted octanol–water partition coefficient (Wildman–Crippen LogP) is 3.47. The maximum Gasteiger partial charge on any atom is 0.332 e. The van der Waals surface area contributed by atoms with E-state index in [2.05, 4.69) is 24.1 Å². The van der Waals surface area contributed by atoms with Crippen molar-refractivity contribution in [1.82, 2.24) is 24.0 Å². The minimum Gasteiger partial charge on any atom is -0.318 e. The SMILES string of the molecule is CCNCC.CCn1c(-c2ccc(Cl)c(Cl)c2)nc2c1c(=O)n(C)c(=O)n2C.Cl. The summed E-state index contributed by atoms with van der Waals surface area (Å²) in [4.78, 5) is 29.1. The maximum atomic E-state index is 12.5. The molecule has 2 heterocycles. The summed E-state index contributed by atoms with van der Waals surface area (Å²) in [5, 5.41) is 3.96. The van der Waals surface area contributed by atoms with Crippen LogP contribution in [-0.2, 0) is 20.6 Å². The number of hydrogen-bond acceptors (Lipinski definition) is 4. The Morgan fingerprint density at radius 1 is 1.00 bits per heavy atom. The van der Waals surface area contributed by atoms with E-state index < -0.39 is 5.69 Å². The molecule has 0 aliphatic heterocycles. The minimum absolute atomic E-state index is 0. The van der Waals surface area contributed by atoms with Crippen LogP contribution in [0.2, 0.25) is 10.0 Å². The lowest BCUT2D eigenvalue weighted by molar-refractivity contribution is 0.700. The third-order valence-electron chi connectivity index (χ3n) is 4.34. The number of hydrogen-bond donors (Lipinski definition) is 1. The Bertz CT molecular complexity index is 1100. The molecule has 1 aromatic carbocycles. The first-order chi connectivity index (χ1) is 13.3. The number of aromatic nitrogens is 4. The van der Waals surface area contributed by atoms with Crippen molar-refractivity contribution < 1.29 is 0 Å². The molecule has 160 valence electrons. The van der Waals surface area contributed by atoms with Gasteiger partial charge in [0.2, 0.25) is 0 Å². The molecule has 0 saturated heterocycles. The molecule has 2 aromatic heterocycles. The molecule has 0 saturated carbocycles. The summed E-state index contributed by atoms with van der Waals surface area (Å²) < 4.78 is 4.22. The Hall–Kier alpha value is -1.80. The highest BCUT2D eigenvalue weighted by molar-refractivity contribution is 6.42. The first-order valence-corrected chi connectivity index (χ1v) is 9.86. The molecule has 7 nitrogen and oxygen atoms in total. The molecule has 0 unspecified atom stereocenters. The number of nitrogens with one attached hydrogen (secondary N) is 1. The van der Waals surface area contributed by atoms with E-state index in [4.69, 9.17) is 23.2 Å². The molecule has 0 bridgehead atoms. The lowest BCUT2D eigenvalue weighted by Gasteiger charge is -2.07. The second-order valence-corrected chi connectivity index (χ2v) is 6.96. The van der Waals surface area contributed by atoms with Crippen LogP contribution in [0.3, 0.4) is 0 Å². The van der Waals surface area contributed by atoms with E-state index in [1.54, 1.807) is 29.8 Å². The van der Waals surface area contributed by atoms with Crippen LogP contribution in [-0.4, -0.2) is 31.8 Å². The van der Waals surface area contributed by atoms with Crippen LogP contribution >= 0.6 is 35.6 Å². The van der Waals surface area contributed by atoms with Crippen LogP contribution in [0.15, 0.2) is 27.8 Å². The molecular formula is C19H26Cl3N5O2. The van der Waals surface area contributed by atoms with Gasteiger partial charge >= 0.3 is 5.69 Å². The van der Waals surface area contributed by atoms with E-state index in [0.29, 0.717) is 33.6 Å². The van der Waals surface area contributed by atoms with Crippen LogP contribution in [0.5, 0.6) is 0 Å². The number of imidazole rings is 1. The van der Waals surface area contributed by atoms with E-state index in [1.165, 1.54) is 11.6 Å². The van der Waals surface area contributed by atoms with Crippen molar-refractivity contribution in [3.63, 3.8) is 0 Å². The van der Waals surface area contributed by atoms with E-state index in [9.17, 15) is 9.59 Å². The third-order valence-corrected chi connectivity index (χ3v) is 5.08. The molecule has 0 aliphatic rings. The normalized spacial score (nSPS) is 10.4. The van der Waals surface area contributed by atoms with Crippen molar-refractivity contribution in [2.45, 2.75) is 27.3 Å². The average Bonchev–Trinajstić information content (AvgIpc) is 3.07. The predicted molar refractivity (Wildman–Crippen MR) is 123 cm³/mol. The fraction of sp³-hybridized carbons (Fsp3) is 0.421. The van der Waals surface area contributed by atoms with E-state index in [0.717, 1.165) is 23.2 Å². The molecule has 29 heavy (non-hydrogen) atoms. The van der Waals surface area contributed by atoms with Crippen molar-refractivity contribution in [3.05, 3.63) is 49.1 Å². The van der Waals surface area contributed by atoms with Gasteiger partial charge in [0.05, 0.1) is 10.0 Å². The standard InChI is InChI=1S/C15H14Cl2N4O2.C4H11N.ClH/c1-4-21-11-13(19(2)15(23)20(3)14(11)22)18-12(21)8-5-6-9(16)10(17)7-8;1-3-5-4-2;/h5-7H,4H2,1-3H3;5H,3-4H2,1-2H3;1H. The number of aryl methyl sites for hydroxylation is 2. The van der Waals surface area contributed by atoms with Crippen molar-refractivity contribution in [1.29, 1.82) is 0 Å². The number of benzene rings is 1. The summed E-state index contributed by atoms with van der Waals surface area (Å²) >= 11 is 12.0. The molecule has 1 N–H and O–H groups in total. The number of nitrogens with zero attached hydrogens (tertiary/aromatic N) is 4. The average molecular weight is 463 g/mol. The summed E-state index contributed by atoms with van der Waals surface area (Å²) in [6, 6.07) is 5.15. The van der Waals surface area contributed by atoms with Gasteiger partial charge in [-0.3, -0.25) is 13.9 Å². The quantitative estimate of drug-likeness (QED) is 0.644. The summed E-state index contributed by atoms with van der Waals surface area (Å²) in [6.45, 7) is 8.83. The van der Waals surface area contributed by atoms with Gasteiger partial charge in [-0.05, 0) is 38.2 Å². The highest BCUT2D eigenvalue weighted by atomic mass is 35.5. The van der Waals surface area contributed by atoms with E-state index in [-0.39, 0.29) is 18.0 Å². The summed E-state index contributed by atoms with van der Waals surface area (Å²) in [5.74, 6) is 0.569. The van der Waals surface area contributed by atoms with Crippen molar-refractivity contribution in [3.8, 4) is 11.4 Å². The molecular weight excluding hydrogens is 437 g/mol. The van der Waals surface area contributed by atoms with Gasteiger partial charge in [-0.1, -0.05) is 37.0 Å². The Balaban J connectivity index is 0.000000628. The van der Waals surface area contributed by atoms with Crippen molar-refractivity contribution in [2.75, 3.05) is 13.1 Å². The highest BCUT2D eigenvalue weighted by Gasteiger charge is 2.19. The summed E-state index contributed by atoms with van der Waals surface area (Å²) in [6.07, 6.45) is 0. The maximum absolute atomic E-state index is 12.5. The lowest BCUT2D eigenvalue weighted by atomic mass is 10.2. The topological polar surface area (TPSA) is 73.8 Å². The Morgan fingerprint density at radius 3 is 2.10 bits per heavy atom. The van der Waals surface area contributed by atoms with E-state index >= 15 is 0 Å². The fourth-order valence-corrected chi connectivity index (χ4v) is 3.16. The zero-order valence-corrected chi connectivity index (χ0v) is 19.5. The third kappa shape index (κ3) is 5.04. The van der Waals surface area contributed by atoms with Gasteiger partial charge in [0.25, 0.3) is 5.56 Å². The van der Waals surface area contributed by atoms with Gasteiger partial charge in [0.15, 0.2) is 11.2 Å². The first-order valence-electron chi connectivity index (χ1n) is 9.10. The monoisotopic (exact) mass is 461 g/mol. The largest absolute Gasteiger partial charge is 0.332 e. The van der Waals surface area contributed by atoms with Gasteiger partial charge in [-0.25, -0.2) is 9.78 Å². The smallest absolute Gasteiger partial charge is 0.318 e. The van der Waals surface area contributed by atoms with Crippen molar-refractivity contribution >= 4 is 46.8 Å². The van der Waals surface area contributed by atoms with Crippen LogP contribution in [0.25, 0.3) is 22.6 Å². The van der Waals surface area contributed by atoms with Gasteiger partial charge < -0.3 is 9.88 Å². The van der Waals surface area contributed by atoms with Gasteiger partial charge in [0, 0.05) is 26.2 Å². The fourth-order valence-electron chi connectivity index (χ4n) is 2.86. The van der Waals surface area contributed by atoms with Gasteiger partial charge in [-0.15, -0.1) is 12.4 Å². The van der Waals surface area contributed by atoms with Crippen LogP contribution in [0, 0.1) is 0 Å². The molecule has 3 aromatic rings. The minimum atomic E-state index is -0.413. The molecule has 3 rings (SSSR count). The second-order valence-electron chi connectivity index (χ2n) is 6.14. The van der Waals surface area contributed by atoms with Crippen molar-refractivity contribution in [2.24, 2.45) is 14.1 Å². The van der Waals surface area contributed by atoms with E-state index in [1.807, 2.05) is 6.92 Å². The molecule has 0 aliphatic carbocycles. The molecule has 10 heteroatoms. The number of halogens is 3. The van der Waals surface area contributed by atoms with Gasteiger partial charge in [0.1, 0.15) is 5.82 Å². The Morgan fingerprint density at radius 2 is 1.62 bits per heavy atom. The molecule has 0 fully saturated rings. The molecule has 0 radical (unpaired) electrons. The summed E-state index contributed by atoms with van der Waals surface area (Å²) in [5.41, 5.74) is 0.679. The Kier molecular flexibility index (Phi) is 9.42. The number of rotatable bonds is 4. The van der Waals surface area contributed by atoms with Crippen LogP contribution in [0.4, 0.5) is 0 Å². The van der Waals surface area contributed by atoms with Crippen LogP contribution in [0.1, 0.15) is 20.8 Å². The number of fused-ring (bicyclic) bond motifs is 1. The van der Waals surface area contributed by atoms with Gasteiger partial charge in [-0.2, -0.15) is 0 Å².